The van der Waals surface area contributed by atoms with Gasteiger partial charge in [-0.05, 0) is 36.3 Å². The molecule has 0 fully saturated rings. The maximum absolute atomic E-state index is 13.7. The van der Waals surface area contributed by atoms with Gasteiger partial charge in [0.2, 0.25) is 0 Å². The lowest BCUT2D eigenvalue weighted by atomic mass is 9.97. The molecular weight excluding hydrogens is 287 g/mol. The SMILES string of the molecule is COC(=O)C1=CC(=CC2OC(=O)c3ccccc32)CC=C1F. The molecular formula is C17H13FO4. The van der Waals surface area contributed by atoms with Gasteiger partial charge in [0.1, 0.15) is 11.9 Å². The maximum Gasteiger partial charge on any atom is 0.340 e. The van der Waals surface area contributed by atoms with Gasteiger partial charge >= 0.3 is 11.9 Å². The molecule has 0 aromatic heterocycles. The fourth-order valence-electron chi connectivity index (χ4n) is 2.50. The molecule has 112 valence electrons. The Bertz CT molecular complexity index is 743. The van der Waals surface area contributed by atoms with E-state index in [1.807, 2.05) is 12.1 Å². The lowest BCUT2D eigenvalue weighted by Crippen LogP contribution is -2.08. The summed E-state index contributed by atoms with van der Waals surface area (Å²) in [6.07, 6.45) is 4.25. The molecule has 0 bridgehead atoms. The third-order valence-electron chi connectivity index (χ3n) is 3.60. The van der Waals surface area contributed by atoms with Crippen molar-refractivity contribution in [1.29, 1.82) is 0 Å². The standard InChI is InChI=1S/C17H13FO4/c1-21-16(19)13-8-10(6-7-14(13)18)9-15-11-4-2-3-5-12(11)17(20)22-15/h2-5,7-9,15H,6H2,1H3. The molecule has 4 nitrogen and oxygen atoms in total. The van der Waals surface area contributed by atoms with Crippen LogP contribution in [0.5, 0.6) is 0 Å². The van der Waals surface area contributed by atoms with Gasteiger partial charge in [0.15, 0.2) is 0 Å². The van der Waals surface area contributed by atoms with Crippen LogP contribution in [-0.2, 0) is 14.3 Å². The van der Waals surface area contributed by atoms with E-state index in [4.69, 9.17) is 4.74 Å². The summed E-state index contributed by atoms with van der Waals surface area (Å²) < 4.78 is 23.5. The van der Waals surface area contributed by atoms with Gasteiger partial charge in [0.05, 0.1) is 18.2 Å². The molecule has 0 spiro atoms. The molecule has 1 aliphatic carbocycles. The Labute approximate surface area is 126 Å². The van der Waals surface area contributed by atoms with E-state index < -0.39 is 17.9 Å². The second-order valence-corrected chi connectivity index (χ2v) is 4.96. The maximum atomic E-state index is 13.7. The van der Waals surface area contributed by atoms with E-state index >= 15 is 0 Å². The molecule has 0 amide bonds. The van der Waals surface area contributed by atoms with Gasteiger partial charge in [0, 0.05) is 5.56 Å². The van der Waals surface area contributed by atoms with E-state index in [2.05, 4.69) is 4.74 Å². The van der Waals surface area contributed by atoms with Crippen molar-refractivity contribution < 1.29 is 23.5 Å². The van der Waals surface area contributed by atoms with Crippen molar-refractivity contribution >= 4 is 11.9 Å². The number of methoxy groups -OCH3 is 1. The fraction of sp³-hybridized carbons (Fsp3) is 0.176. The highest BCUT2D eigenvalue weighted by Crippen LogP contribution is 2.34. The van der Waals surface area contributed by atoms with Crippen molar-refractivity contribution in [3.05, 3.63) is 70.6 Å². The van der Waals surface area contributed by atoms with Gasteiger partial charge in [-0.1, -0.05) is 18.2 Å². The van der Waals surface area contributed by atoms with Crippen LogP contribution in [0.15, 0.2) is 59.5 Å². The van der Waals surface area contributed by atoms with Crippen molar-refractivity contribution in [3.8, 4) is 0 Å². The number of esters is 2. The summed E-state index contributed by atoms with van der Waals surface area (Å²) in [4.78, 5) is 23.3. The average molecular weight is 300 g/mol. The highest BCUT2D eigenvalue weighted by atomic mass is 19.1. The minimum absolute atomic E-state index is 0.127. The molecule has 1 unspecified atom stereocenters. The van der Waals surface area contributed by atoms with Crippen LogP contribution in [0.4, 0.5) is 4.39 Å². The van der Waals surface area contributed by atoms with E-state index in [1.54, 1.807) is 18.2 Å². The Hall–Kier alpha value is -2.69. The smallest absolute Gasteiger partial charge is 0.340 e. The quantitative estimate of drug-likeness (QED) is 0.787. The van der Waals surface area contributed by atoms with Crippen LogP contribution in [0.25, 0.3) is 0 Å². The second-order valence-electron chi connectivity index (χ2n) is 4.96. The number of ether oxygens (including phenoxy) is 2. The third-order valence-corrected chi connectivity index (χ3v) is 3.60. The zero-order valence-corrected chi connectivity index (χ0v) is 11.8. The third kappa shape index (κ3) is 2.45. The Morgan fingerprint density at radius 1 is 1.41 bits per heavy atom. The molecule has 2 aliphatic rings. The van der Waals surface area contributed by atoms with Gasteiger partial charge in [-0.25, -0.2) is 14.0 Å². The number of allylic oxidation sites excluding steroid dienone is 3. The largest absolute Gasteiger partial charge is 0.465 e. The van der Waals surface area contributed by atoms with Crippen molar-refractivity contribution in [2.45, 2.75) is 12.5 Å². The molecule has 3 rings (SSSR count). The number of cyclic esters (lactones) is 1. The summed E-state index contributed by atoms with van der Waals surface area (Å²) in [5.74, 6) is -1.72. The van der Waals surface area contributed by atoms with Gasteiger partial charge in [0.25, 0.3) is 0 Å². The Morgan fingerprint density at radius 2 is 2.18 bits per heavy atom. The lowest BCUT2D eigenvalue weighted by Gasteiger charge is -2.12. The normalized spacial score (nSPS) is 21.8. The van der Waals surface area contributed by atoms with E-state index in [9.17, 15) is 14.0 Å². The molecule has 1 atom stereocenters. The van der Waals surface area contributed by atoms with Crippen LogP contribution < -0.4 is 0 Å². The van der Waals surface area contributed by atoms with E-state index in [0.29, 0.717) is 17.6 Å². The van der Waals surface area contributed by atoms with E-state index in [1.165, 1.54) is 19.3 Å². The van der Waals surface area contributed by atoms with Crippen molar-refractivity contribution in [2.24, 2.45) is 0 Å². The van der Waals surface area contributed by atoms with Gasteiger partial charge < -0.3 is 9.47 Å². The first-order chi connectivity index (χ1) is 10.6. The van der Waals surface area contributed by atoms with Gasteiger partial charge in [-0.3, -0.25) is 0 Å². The number of benzene rings is 1. The number of carbonyl (C=O) groups excluding carboxylic acids is 2. The minimum Gasteiger partial charge on any atom is -0.465 e. The fourth-order valence-corrected chi connectivity index (χ4v) is 2.50. The summed E-state index contributed by atoms with van der Waals surface area (Å²) >= 11 is 0. The van der Waals surface area contributed by atoms with Crippen LogP contribution >= 0.6 is 0 Å². The number of hydrogen-bond donors (Lipinski definition) is 0. The minimum atomic E-state index is -0.733. The second kappa shape index (κ2) is 5.60. The average Bonchev–Trinajstić information content (AvgIpc) is 2.85. The van der Waals surface area contributed by atoms with Gasteiger partial charge in [-0.15, -0.1) is 0 Å². The molecule has 22 heavy (non-hydrogen) atoms. The zero-order chi connectivity index (χ0) is 15.7. The summed E-state index contributed by atoms with van der Waals surface area (Å²) in [7, 11) is 1.20. The highest BCUT2D eigenvalue weighted by molar-refractivity contribution is 5.95. The van der Waals surface area contributed by atoms with Crippen LogP contribution in [0.3, 0.4) is 0 Å². The first kappa shape index (κ1) is 14.3. The van der Waals surface area contributed by atoms with Crippen molar-refractivity contribution in [2.75, 3.05) is 7.11 Å². The topological polar surface area (TPSA) is 52.6 Å². The first-order valence-corrected chi connectivity index (χ1v) is 6.77. The molecule has 1 heterocycles. The predicted octanol–water partition coefficient (Wildman–Crippen LogP) is 3.18. The Morgan fingerprint density at radius 3 is 2.95 bits per heavy atom. The van der Waals surface area contributed by atoms with E-state index in [0.717, 1.165) is 5.56 Å². The van der Waals surface area contributed by atoms with Crippen LogP contribution in [-0.4, -0.2) is 19.0 Å². The molecule has 1 aromatic carbocycles. The van der Waals surface area contributed by atoms with Crippen molar-refractivity contribution in [1.82, 2.24) is 0 Å². The summed E-state index contributed by atoms with van der Waals surface area (Å²) in [5, 5.41) is 0. The molecule has 1 aromatic rings. The highest BCUT2D eigenvalue weighted by Gasteiger charge is 2.29. The molecule has 1 aliphatic heterocycles. The van der Waals surface area contributed by atoms with Crippen LogP contribution in [0.2, 0.25) is 0 Å². The van der Waals surface area contributed by atoms with E-state index in [-0.39, 0.29) is 11.5 Å². The Balaban J connectivity index is 1.93. The number of hydrogen-bond acceptors (Lipinski definition) is 4. The molecule has 5 heteroatoms. The number of fused-ring (bicyclic) bond motifs is 1. The number of halogens is 1. The molecule has 0 saturated carbocycles. The number of carbonyl (C=O) groups is 2. The summed E-state index contributed by atoms with van der Waals surface area (Å²) in [6.45, 7) is 0. The summed E-state index contributed by atoms with van der Waals surface area (Å²) in [6, 6.07) is 7.10. The monoisotopic (exact) mass is 300 g/mol. The van der Waals surface area contributed by atoms with Crippen LogP contribution in [0, 0.1) is 0 Å². The first-order valence-electron chi connectivity index (χ1n) is 6.77. The molecule has 0 N–H and O–H groups in total. The van der Waals surface area contributed by atoms with Gasteiger partial charge in [-0.2, -0.15) is 0 Å². The lowest BCUT2D eigenvalue weighted by molar-refractivity contribution is -0.136. The zero-order valence-electron chi connectivity index (χ0n) is 11.8. The Kier molecular flexibility index (Phi) is 3.63. The number of rotatable bonds is 2. The van der Waals surface area contributed by atoms with Crippen LogP contribution in [0.1, 0.15) is 28.4 Å². The van der Waals surface area contributed by atoms with Crippen molar-refractivity contribution in [3.63, 3.8) is 0 Å². The summed E-state index contributed by atoms with van der Waals surface area (Å²) in [5.41, 5.74) is 1.86. The molecule has 0 radical (unpaired) electrons. The molecule has 0 saturated heterocycles. The predicted molar refractivity (Wildman–Crippen MR) is 76.6 cm³/mol.